The van der Waals surface area contributed by atoms with Gasteiger partial charge in [-0.1, -0.05) is 6.07 Å². The summed E-state index contributed by atoms with van der Waals surface area (Å²) < 4.78 is 10.8. The van der Waals surface area contributed by atoms with Crippen molar-refractivity contribution in [1.82, 2.24) is 9.80 Å². The molecule has 2 N–H and O–H groups in total. The van der Waals surface area contributed by atoms with Crippen LogP contribution in [0.3, 0.4) is 0 Å². The molecule has 8 nitrogen and oxygen atoms in total. The lowest BCUT2D eigenvalue weighted by Crippen LogP contribution is -2.43. The molecular weight excluding hydrogens is 384 g/mol. The Balaban J connectivity index is 1.31. The zero-order chi connectivity index (χ0) is 20.9. The van der Waals surface area contributed by atoms with Crippen LogP contribution in [0.5, 0.6) is 17.2 Å². The highest BCUT2D eigenvalue weighted by Gasteiger charge is 2.19. The highest BCUT2D eigenvalue weighted by molar-refractivity contribution is 6.06. The van der Waals surface area contributed by atoms with Crippen LogP contribution in [0.25, 0.3) is 0 Å². The maximum Gasteiger partial charge on any atom is 0.267 e. The molecule has 0 aromatic heterocycles. The van der Waals surface area contributed by atoms with Crippen LogP contribution in [0.1, 0.15) is 5.56 Å². The molecule has 0 bridgehead atoms. The molecule has 0 spiro atoms. The number of carbonyl (C=O) groups is 1. The number of nitriles is 1. The molecule has 1 fully saturated rings. The molecule has 4 rings (SSSR count). The maximum absolute atomic E-state index is 12.4. The second kappa shape index (κ2) is 8.76. The summed E-state index contributed by atoms with van der Waals surface area (Å²) in [5.74, 6) is 1.21. The van der Waals surface area contributed by atoms with Gasteiger partial charge in [-0.3, -0.25) is 9.69 Å². The SMILES string of the molecule is N#C/C(=C/N1CCN(Cc2ccc3c(c2)OCO3)CC1)C(=O)Nc1ccc(O)cc1. The quantitative estimate of drug-likeness (QED) is 0.447. The number of nitrogens with zero attached hydrogens (tertiary/aromatic N) is 3. The van der Waals surface area contributed by atoms with E-state index in [2.05, 4.69) is 10.2 Å². The molecule has 2 aromatic carbocycles. The number of phenolic OH excluding ortho intramolecular Hbond substituents is 1. The fraction of sp³-hybridized carbons (Fsp3) is 0.273. The van der Waals surface area contributed by atoms with E-state index in [1.807, 2.05) is 29.2 Å². The molecule has 1 saturated heterocycles. The van der Waals surface area contributed by atoms with Crippen LogP contribution in [-0.4, -0.2) is 53.8 Å². The van der Waals surface area contributed by atoms with Gasteiger partial charge in [0, 0.05) is 44.6 Å². The van der Waals surface area contributed by atoms with Gasteiger partial charge in [-0.05, 0) is 42.0 Å². The number of hydrogen-bond donors (Lipinski definition) is 2. The number of piperazine rings is 1. The molecular formula is C22H22N4O4. The van der Waals surface area contributed by atoms with Gasteiger partial charge in [0.25, 0.3) is 5.91 Å². The summed E-state index contributed by atoms with van der Waals surface area (Å²) in [5.41, 5.74) is 1.73. The largest absolute Gasteiger partial charge is 0.508 e. The predicted octanol–water partition coefficient (Wildman–Crippen LogP) is 2.28. The highest BCUT2D eigenvalue weighted by atomic mass is 16.7. The van der Waals surface area contributed by atoms with Crippen molar-refractivity contribution in [1.29, 1.82) is 5.26 Å². The van der Waals surface area contributed by atoms with Crippen LogP contribution in [-0.2, 0) is 11.3 Å². The first kappa shape index (κ1) is 19.6. The van der Waals surface area contributed by atoms with Crippen molar-refractivity contribution in [2.45, 2.75) is 6.54 Å². The zero-order valence-corrected chi connectivity index (χ0v) is 16.4. The third kappa shape index (κ3) is 4.64. The van der Waals surface area contributed by atoms with Crippen LogP contribution in [0.15, 0.2) is 54.2 Å². The Morgan fingerprint density at radius 1 is 1.10 bits per heavy atom. The molecule has 0 saturated carbocycles. The Kier molecular flexibility index (Phi) is 5.72. The molecule has 0 aliphatic carbocycles. The van der Waals surface area contributed by atoms with Gasteiger partial charge in [0.05, 0.1) is 0 Å². The van der Waals surface area contributed by atoms with E-state index >= 15 is 0 Å². The molecule has 1 amide bonds. The van der Waals surface area contributed by atoms with Gasteiger partial charge in [-0.25, -0.2) is 0 Å². The second-order valence-electron chi connectivity index (χ2n) is 7.16. The van der Waals surface area contributed by atoms with Crippen molar-refractivity contribution in [3.05, 3.63) is 59.8 Å². The molecule has 2 aliphatic rings. The Hall–Kier alpha value is -3.70. The number of hydrogen-bond acceptors (Lipinski definition) is 7. The number of aromatic hydroxyl groups is 1. The lowest BCUT2D eigenvalue weighted by Gasteiger charge is -2.34. The monoisotopic (exact) mass is 406 g/mol. The summed E-state index contributed by atoms with van der Waals surface area (Å²) in [6, 6.07) is 14.1. The van der Waals surface area contributed by atoms with E-state index < -0.39 is 5.91 Å². The van der Waals surface area contributed by atoms with E-state index in [1.54, 1.807) is 18.3 Å². The third-order valence-electron chi connectivity index (χ3n) is 5.05. The van der Waals surface area contributed by atoms with E-state index in [1.165, 1.54) is 12.1 Å². The first-order valence-corrected chi connectivity index (χ1v) is 9.68. The maximum atomic E-state index is 12.4. The summed E-state index contributed by atoms with van der Waals surface area (Å²) in [6.45, 7) is 4.17. The Morgan fingerprint density at radius 3 is 2.57 bits per heavy atom. The van der Waals surface area contributed by atoms with E-state index in [0.29, 0.717) is 5.69 Å². The summed E-state index contributed by atoms with van der Waals surface area (Å²) in [4.78, 5) is 16.7. The summed E-state index contributed by atoms with van der Waals surface area (Å²) >= 11 is 0. The number of anilines is 1. The number of amides is 1. The van der Waals surface area contributed by atoms with Gasteiger partial charge >= 0.3 is 0 Å². The van der Waals surface area contributed by atoms with Gasteiger partial charge in [-0.15, -0.1) is 0 Å². The van der Waals surface area contributed by atoms with E-state index in [9.17, 15) is 15.2 Å². The molecule has 30 heavy (non-hydrogen) atoms. The first-order valence-electron chi connectivity index (χ1n) is 9.68. The minimum atomic E-state index is -0.467. The molecule has 2 aliphatic heterocycles. The molecule has 154 valence electrons. The minimum absolute atomic E-state index is 0.0484. The normalized spacial score (nSPS) is 16.2. The smallest absolute Gasteiger partial charge is 0.267 e. The minimum Gasteiger partial charge on any atom is -0.508 e. The summed E-state index contributed by atoms with van der Waals surface area (Å²) in [6.07, 6.45) is 1.62. The molecule has 2 heterocycles. The Bertz CT molecular complexity index is 989. The predicted molar refractivity (Wildman–Crippen MR) is 110 cm³/mol. The van der Waals surface area contributed by atoms with Gasteiger partial charge < -0.3 is 24.8 Å². The van der Waals surface area contributed by atoms with Crippen molar-refractivity contribution in [3.63, 3.8) is 0 Å². The van der Waals surface area contributed by atoms with Crippen molar-refractivity contribution in [2.24, 2.45) is 0 Å². The summed E-state index contributed by atoms with van der Waals surface area (Å²) in [7, 11) is 0. The van der Waals surface area contributed by atoms with Crippen LogP contribution in [0.2, 0.25) is 0 Å². The van der Waals surface area contributed by atoms with Gasteiger partial charge in [0.1, 0.15) is 17.4 Å². The average Bonchev–Trinajstić information content (AvgIpc) is 3.22. The van der Waals surface area contributed by atoms with Gasteiger partial charge in [-0.2, -0.15) is 5.26 Å². The first-order chi connectivity index (χ1) is 14.6. The standard InChI is InChI=1S/C22H22N4O4/c23-12-17(22(28)24-18-2-4-19(27)5-3-18)14-26-9-7-25(8-10-26)13-16-1-6-20-21(11-16)30-15-29-20/h1-6,11,14,27H,7-10,13,15H2,(H,24,28)/b17-14-. The van der Waals surface area contributed by atoms with Crippen molar-refractivity contribution in [2.75, 3.05) is 38.3 Å². The van der Waals surface area contributed by atoms with Crippen molar-refractivity contribution < 1.29 is 19.4 Å². The highest BCUT2D eigenvalue weighted by Crippen LogP contribution is 2.32. The second-order valence-corrected chi connectivity index (χ2v) is 7.16. The molecule has 0 unspecified atom stereocenters. The molecule has 0 radical (unpaired) electrons. The fourth-order valence-electron chi connectivity index (χ4n) is 3.41. The third-order valence-corrected chi connectivity index (χ3v) is 5.05. The summed E-state index contributed by atoms with van der Waals surface area (Å²) in [5, 5.41) is 21.4. The van der Waals surface area contributed by atoms with Crippen molar-refractivity contribution in [3.8, 4) is 23.3 Å². The zero-order valence-electron chi connectivity index (χ0n) is 16.4. The van der Waals surface area contributed by atoms with Crippen LogP contribution >= 0.6 is 0 Å². The number of ether oxygens (including phenoxy) is 2. The van der Waals surface area contributed by atoms with E-state index in [0.717, 1.165) is 49.8 Å². The number of rotatable bonds is 5. The van der Waals surface area contributed by atoms with Gasteiger partial charge in [0.2, 0.25) is 6.79 Å². The van der Waals surface area contributed by atoms with Crippen LogP contribution in [0.4, 0.5) is 5.69 Å². The number of fused-ring (bicyclic) bond motifs is 1. The number of benzene rings is 2. The van der Waals surface area contributed by atoms with Crippen LogP contribution in [0, 0.1) is 11.3 Å². The number of carbonyl (C=O) groups excluding carboxylic acids is 1. The van der Waals surface area contributed by atoms with Gasteiger partial charge in [0.15, 0.2) is 11.5 Å². The molecule has 8 heteroatoms. The fourth-order valence-corrected chi connectivity index (χ4v) is 3.41. The number of nitrogens with one attached hydrogen (secondary N) is 1. The van der Waals surface area contributed by atoms with E-state index in [4.69, 9.17) is 9.47 Å². The van der Waals surface area contributed by atoms with Crippen molar-refractivity contribution >= 4 is 11.6 Å². The average molecular weight is 406 g/mol. The Labute approximate surface area is 174 Å². The van der Waals surface area contributed by atoms with E-state index in [-0.39, 0.29) is 18.1 Å². The lowest BCUT2D eigenvalue weighted by molar-refractivity contribution is -0.112. The van der Waals surface area contributed by atoms with Crippen LogP contribution < -0.4 is 14.8 Å². The molecule has 2 aromatic rings. The lowest BCUT2D eigenvalue weighted by atomic mass is 10.1. The molecule has 0 atom stereocenters. The Morgan fingerprint density at radius 2 is 1.83 bits per heavy atom. The topological polar surface area (TPSA) is 98.1 Å². The number of phenols is 1.